The minimum atomic E-state index is -0.0869. The van der Waals surface area contributed by atoms with Crippen molar-refractivity contribution >= 4 is 0 Å². The molecule has 2 atom stereocenters. The van der Waals surface area contributed by atoms with Crippen LogP contribution in [-0.2, 0) is 0 Å². The zero-order valence-electron chi connectivity index (χ0n) is 10.3. The normalized spacial score (nSPS) is 24.1. The van der Waals surface area contributed by atoms with Crippen molar-refractivity contribution in [3.05, 3.63) is 35.6 Å². The van der Waals surface area contributed by atoms with E-state index >= 15 is 0 Å². The highest BCUT2D eigenvalue weighted by molar-refractivity contribution is 5.24. The lowest BCUT2D eigenvalue weighted by Crippen LogP contribution is -2.25. The summed E-state index contributed by atoms with van der Waals surface area (Å²) >= 11 is 0. The molecule has 1 aliphatic carbocycles. The minimum Gasteiger partial charge on any atom is -0.310 e. The van der Waals surface area contributed by atoms with Crippen LogP contribution < -0.4 is 5.32 Å². The zero-order chi connectivity index (χ0) is 11.8. The summed E-state index contributed by atoms with van der Waals surface area (Å²) in [5.74, 6) is 0.473. The van der Waals surface area contributed by atoms with E-state index in [4.69, 9.17) is 0 Å². The standard InChI is InChI=1S/C14H20FN/c1-4-16-13(11-9-14(11,2)3)10-7-5-6-8-12(10)15/h5-8,11,13,16H,4,9H2,1-3H3. The Labute approximate surface area is 97.1 Å². The third-order valence-corrected chi connectivity index (χ3v) is 3.66. The van der Waals surface area contributed by atoms with E-state index in [2.05, 4.69) is 26.1 Å². The van der Waals surface area contributed by atoms with Gasteiger partial charge >= 0.3 is 0 Å². The van der Waals surface area contributed by atoms with E-state index in [9.17, 15) is 4.39 Å². The summed E-state index contributed by atoms with van der Waals surface area (Å²) in [6, 6.07) is 7.28. The Morgan fingerprint density at radius 3 is 2.56 bits per heavy atom. The van der Waals surface area contributed by atoms with Crippen molar-refractivity contribution in [2.75, 3.05) is 6.54 Å². The third kappa shape index (κ3) is 2.12. The fraction of sp³-hybridized carbons (Fsp3) is 0.571. The van der Waals surface area contributed by atoms with Crippen LogP contribution in [0.25, 0.3) is 0 Å². The summed E-state index contributed by atoms with van der Waals surface area (Å²) in [4.78, 5) is 0. The Hall–Kier alpha value is -0.890. The highest BCUT2D eigenvalue weighted by Gasteiger charge is 2.50. The molecule has 16 heavy (non-hydrogen) atoms. The first kappa shape index (κ1) is 11.6. The predicted octanol–water partition coefficient (Wildman–Crippen LogP) is 3.52. The fourth-order valence-electron chi connectivity index (χ4n) is 2.49. The monoisotopic (exact) mass is 221 g/mol. The predicted molar refractivity (Wildman–Crippen MR) is 64.7 cm³/mol. The number of rotatable bonds is 4. The maximum Gasteiger partial charge on any atom is 0.127 e. The van der Waals surface area contributed by atoms with Crippen molar-refractivity contribution < 1.29 is 4.39 Å². The average Bonchev–Trinajstić information content (AvgIpc) is 2.85. The zero-order valence-corrected chi connectivity index (χ0v) is 10.3. The first-order valence-electron chi connectivity index (χ1n) is 6.04. The van der Waals surface area contributed by atoms with Gasteiger partial charge in [-0.15, -0.1) is 0 Å². The van der Waals surface area contributed by atoms with Crippen molar-refractivity contribution in [2.24, 2.45) is 11.3 Å². The Morgan fingerprint density at radius 2 is 2.06 bits per heavy atom. The van der Waals surface area contributed by atoms with Crippen molar-refractivity contribution in [1.82, 2.24) is 5.32 Å². The Kier molecular flexibility index (Phi) is 3.02. The molecule has 0 radical (unpaired) electrons. The highest BCUT2D eigenvalue weighted by atomic mass is 19.1. The van der Waals surface area contributed by atoms with Gasteiger partial charge in [-0.1, -0.05) is 39.0 Å². The van der Waals surface area contributed by atoms with Gasteiger partial charge in [0.15, 0.2) is 0 Å². The van der Waals surface area contributed by atoms with Crippen LogP contribution in [0.15, 0.2) is 24.3 Å². The largest absolute Gasteiger partial charge is 0.310 e. The van der Waals surface area contributed by atoms with E-state index in [0.29, 0.717) is 11.3 Å². The van der Waals surface area contributed by atoms with Crippen LogP contribution in [0, 0.1) is 17.2 Å². The molecule has 1 N–H and O–H groups in total. The molecular formula is C14H20FN. The molecule has 0 aliphatic heterocycles. The van der Waals surface area contributed by atoms with Crippen molar-refractivity contribution in [3.63, 3.8) is 0 Å². The second-order valence-electron chi connectivity index (χ2n) is 5.36. The van der Waals surface area contributed by atoms with Crippen molar-refractivity contribution in [3.8, 4) is 0 Å². The van der Waals surface area contributed by atoms with Gasteiger partial charge in [-0.2, -0.15) is 0 Å². The van der Waals surface area contributed by atoms with E-state index in [-0.39, 0.29) is 11.9 Å². The van der Waals surface area contributed by atoms with Crippen LogP contribution in [0.1, 0.15) is 38.8 Å². The van der Waals surface area contributed by atoms with Gasteiger partial charge in [0, 0.05) is 11.6 Å². The molecule has 0 amide bonds. The molecule has 1 aliphatic rings. The van der Waals surface area contributed by atoms with Gasteiger partial charge in [-0.05, 0) is 30.4 Å². The van der Waals surface area contributed by atoms with E-state index in [1.807, 2.05) is 12.1 Å². The summed E-state index contributed by atoms with van der Waals surface area (Å²) in [5.41, 5.74) is 1.18. The molecule has 0 heterocycles. The van der Waals surface area contributed by atoms with Crippen molar-refractivity contribution in [1.29, 1.82) is 0 Å². The van der Waals surface area contributed by atoms with Crippen LogP contribution in [0.2, 0.25) is 0 Å². The minimum absolute atomic E-state index is 0.0869. The lowest BCUT2D eigenvalue weighted by atomic mass is 9.96. The molecule has 1 aromatic rings. The van der Waals surface area contributed by atoms with Gasteiger partial charge in [0.05, 0.1) is 0 Å². The molecule has 1 nitrogen and oxygen atoms in total. The van der Waals surface area contributed by atoms with Gasteiger partial charge in [-0.3, -0.25) is 0 Å². The van der Waals surface area contributed by atoms with Crippen LogP contribution in [0.5, 0.6) is 0 Å². The number of hydrogen-bond donors (Lipinski definition) is 1. The highest BCUT2D eigenvalue weighted by Crippen LogP contribution is 2.57. The summed E-state index contributed by atoms with van der Waals surface area (Å²) in [7, 11) is 0. The van der Waals surface area contributed by atoms with Gasteiger partial charge < -0.3 is 5.32 Å². The molecule has 0 bridgehead atoms. The van der Waals surface area contributed by atoms with Crippen LogP contribution in [-0.4, -0.2) is 6.54 Å². The molecule has 2 rings (SSSR count). The van der Waals surface area contributed by atoms with Gasteiger partial charge in [0.2, 0.25) is 0 Å². The quantitative estimate of drug-likeness (QED) is 0.820. The number of halogens is 1. The second-order valence-corrected chi connectivity index (χ2v) is 5.36. The molecule has 1 aromatic carbocycles. The number of benzene rings is 1. The molecule has 1 saturated carbocycles. The fourth-order valence-corrected chi connectivity index (χ4v) is 2.49. The summed E-state index contributed by atoms with van der Waals surface area (Å²) in [6.07, 6.45) is 1.18. The molecule has 1 fully saturated rings. The molecule has 2 unspecified atom stereocenters. The molecule has 0 saturated heterocycles. The lowest BCUT2D eigenvalue weighted by Gasteiger charge is -2.20. The van der Waals surface area contributed by atoms with E-state index in [0.717, 1.165) is 12.1 Å². The molecule has 0 aromatic heterocycles. The van der Waals surface area contributed by atoms with Crippen LogP contribution in [0.4, 0.5) is 4.39 Å². The molecule has 88 valence electrons. The van der Waals surface area contributed by atoms with E-state index in [1.54, 1.807) is 12.1 Å². The summed E-state index contributed by atoms with van der Waals surface area (Å²) < 4.78 is 13.8. The molecule has 0 spiro atoms. The maximum atomic E-state index is 13.8. The SMILES string of the molecule is CCNC(c1ccccc1F)C1CC1(C)C. The Morgan fingerprint density at radius 1 is 1.44 bits per heavy atom. The van der Waals surface area contributed by atoms with Gasteiger partial charge in [-0.25, -0.2) is 4.39 Å². The number of hydrogen-bond acceptors (Lipinski definition) is 1. The molecular weight excluding hydrogens is 201 g/mol. The topological polar surface area (TPSA) is 12.0 Å². The summed E-state index contributed by atoms with van der Waals surface area (Å²) in [6.45, 7) is 7.46. The maximum absolute atomic E-state index is 13.8. The van der Waals surface area contributed by atoms with Crippen molar-refractivity contribution in [2.45, 2.75) is 33.2 Å². The van der Waals surface area contributed by atoms with Crippen LogP contribution >= 0.6 is 0 Å². The average molecular weight is 221 g/mol. The number of nitrogens with one attached hydrogen (secondary N) is 1. The first-order chi connectivity index (χ1) is 7.56. The van der Waals surface area contributed by atoms with E-state index in [1.165, 1.54) is 6.42 Å². The molecule has 2 heteroatoms. The first-order valence-corrected chi connectivity index (χ1v) is 6.04. The smallest absolute Gasteiger partial charge is 0.127 e. The second kappa shape index (κ2) is 4.17. The van der Waals surface area contributed by atoms with Gasteiger partial charge in [0.1, 0.15) is 5.82 Å². The lowest BCUT2D eigenvalue weighted by molar-refractivity contribution is 0.410. The Bertz CT molecular complexity index is 373. The Balaban J connectivity index is 2.24. The van der Waals surface area contributed by atoms with Crippen LogP contribution in [0.3, 0.4) is 0 Å². The van der Waals surface area contributed by atoms with E-state index < -0.39 is 0 Å². The third-order valence-electron chi connectivity index (χ3n) is 3.66. The summed E-state index contributed by atoms with van der Waals surface area (Å²) in [5, 5.41) is 3.42. The van der Waals surface area contributed by atoms with Gasteiger partial charge in [0.25, 0.3) is 0 Å².